The van der Waals surface area contributed by atoms with Crippen LogP contribution in [0.2, 0.25) is 0 Å². The van der Waals surface area contributed by atoms with E-state index in [-0.39, 0.29) is 18.0 Å². The first-order valence-corrected chi connectivity index (χ1v) is 9.26. The molecular weight excluding hydrogens is 383 g/mol. The fourth-order valence-corrected chi connectivity index (χ4v) is 2.94. The molecule has 156 valence electrons. The Morgan fingerprint density at radius 3 is 2.10 bits per heavy atom. The first kappa shape index (κ1) is 22.3. The average Bonchev–Trinajstić information content (AvgIpc) is 2.64. The third-order valence-electron chi connectivity index (χ3n) is 4.34. The number of rotatable bonds is 7. The zero-order valence-electron chi connectivity index (χ0n) is 16.6. The highest BCUT2D eigenvalue weighted by molar-refractivity contribution is 5.96. The van der Waals surface area contributed by atoms with E-state index in [1.54, 1.807) is 24.3 Å². The lowest BCUT2D eigenvalue weighted by molar-refractivity contribution is -0.137. The van der Waals surface area contributed by atoms with E-state index in [0.29, 0.717) is 30.0 Å². The molecule has 0 bridgehead atoms. The zero-order valence-corrected chi connectivity index (χ0v) is 16.6. The lowest BCUT2D eigenvalue weighted by Crippen LogP contribution is -2.25. The molecule has 0 spiro atoms. The smallest absolute Gasteiger partial charge is 0.370 e. The van der Waals surface area contributed by atoms with Gasteiger partial charge in [-0.25, -0.2) is 0 Å². The molecule has 0 unspecified atom stereocenters. The van der Waals surface area contributed by atoms with E-state index >= 15 is 0 Å². The number of anilines is 3. The molecule has 29 heavy (non-hydrogen) atoms. The van der Waals surface area contributed by atoms with Crippen molar-refractivity contribution in [1.82, 2.24) is 0 Å². The van der Waals surface area contributed by atoms with Gasteiger partial charge in [-0.1, -0.05) is 12.1 Å². The van der Waals surface area contributed by atoms with Crippen LogP contribution in [-0.4, -0.2) is 24.9 Å². The molecule has 0 atom stereocenters. The van der Waals surface area contributed by atoms with Crippen molar-refractivity contribution in [2.24, 2.45) is 0 Å². The predicted octanol–water partition coefficient (Wildman–Crippen LogP) is 4.69. The van der Waals surface area contributed by atoms with E-state index in [1.807, 2.05) is 18.7 Å². The van der Waals surface area contributed by atoms with E-state index in [0.717, 1.165) is 12.1 Å². The number of carbonyl (C=O) groups excluding carboxylic acids is 2. The summed E-state index contributed by atoms with van der Waals surface area (Å²) in [5.74, 6) is -0.631. The number of hydrogen-bond donors (Lipinski definition) is 2. The first-order chi connectivity index (χ1) is 13.6. The summed E-state index contributed by atoms with van der Waals surface area (Å²) in [5.41, 5.74) is 1.13. The van der Waals surface area contributed by atoms with Crippen molar-refractivity contribution in [3.8, 4) is 0 Å². The summed E-state index contributed by atoms with van der Waals surface area (Å²) in [6.45, 7) is 6.36. The van der Waals surface area contributed by atoms with Crippen LogP contribution < -0.4 is 15.5 Å². The van der Waals surface area contributed by atoms with E-state index in [1.165, 1.54) is 13.0 Å². The number of amides is 2. The van der Waals surface area contributed by atoms with E-state index in [4.69, 9.17) is 0 Å². The van der Waals surface area contributed by atoms with Gasteiger partial charge in [-0.3, -0.25) is 9.59 Å². The monoisotopic (exact) mass is 407 g/mol. The second-order valence-electron chi connectivity index (χ2n) is 6.51. The van der Waals surface area contributed by atoms with E-state index in [2.05, 4.69) is 10.6 Å². The van der Waals surface area contributed by atoms with Crippen LogP contribution in [-0.2, 0) is 22.2 Å². The molecule has 2 aromatic rings. The Hall–Kier alpha value is -3.03. The fourth-order valence-electron chi connectivity index (χ4n) is 2.94. The maximum atomic E-state index is 13.1. The second kappa shape index (κ2) is 9.45. The molecular formula is C21H24F3N3O2. The summed E-state index contributed by atoms with van der Waals surface area (Å²) in [5, 5.41) is 5.24. The second-order valence-corrected chi connectivity index (χ2v) is 6.51. The van der Waals surface area contributed by atoms with Crippen molar-refractivity contribution in [3.05, 3.63) is 53.6 Å². The molecule has 0 aromatic heterocycles. The molecule has 0 fully saturated rings. The minimum Gasteiger partial charge on any atom is -0.370 e. The SMILES string of the molecule is CCN(CC)c1ccc(C(F)(F)F)cc1NC(=O)Cc1ccc(NC(C)=O)cc1. The number of carbonyl (C=O) groups is 2. The molecule has 5 nitrogen and oxygen atoms in total. The van der Waals surface area contributed by atoms with Crippen LogP contribution in [0, 0.1) is 0 Å². The molecule has 2 rings (SSSR count). The van der Waals surface area contributed by atoms with Crippen molar-refractivity contribution >= 4 is 28.9 Å². The van der Waals surface area contributed by atoms with Crippen LogP contribution in [0.15, 0.2) is 42.5 Å². The Bertz CT molecular complexity index is 860. The average molecular weight is 407 g/mol. The van der Waals surface area contributed by atoms with Crippen molar-refractivity contribution in [2.75, 3.05) is 28.6 Å². The molecule has 2 N–H and O–H groups in total. The third kappa shape index (κ3) is 6.23. The standard InChI is InChI=1S/C21H24F3N3O2/c1-4-27(5-2)19-11-8-16(21(22,23)24)13-18(19)26-20(29)12-15-6-9-17(10-7-15)25-14(3)28/h6-11,13H,4-5,12H2,1-3H3,(H,25,28)(H,26,29). The summed E-state index contributed by atoms with van der Waals surface area (Å²) >= 11 is 0. The molecule has 0 radical (unpaired) electrons. The normalized spacial score (nSPS) is 11.1. The van der Waals surface area contributed by atoms with Crippen LogP contribution in [0.1, 0.15) is 31.9 Å². The topological polar surface area (TPSA) is 61.4 Å². The van der Waals surface area contributed by atoms with Crippen molar-refractivity contribution in [3.63, 3.8) is 0 Å². The third-order valence-corrected chi connectivity index (χ3v) is 4.34. The maximum absolute atomic E-state index is 13.1. The van der Waals surface area contributed by atoms with Gasteiger partial charge in [0.25, 0.3) is 0 Å². The van der Waals surface area contributed by atoms with Crippen LogP contribution in [0.3, 0.4) is 0 Å². The Morgan fingerprint density at radius 2 is 1.59 bits per heavy atom. The van der Waals surface area contributed by atoms with Gasteiger partial charge in [-0.2, -0.15) is 13.2 Å². The Balaban J connectivity index is 2.21. The minimum atomic E-state index is -4.50. The minimum absolute atomic E-state index is 0.00567. The maximum Gasteiger partial charge on any atom is 0.416 e. The predicted molar refractivity (Wildman–Crippen MR) is 108 cm³/mol. The van der Waals surface area contributed by atoms with Gasteiger partial charge in [0, 0.05) is 25.7 Å². The van der Waals surface area contributed by atoms with Gasteiger partial charge >= 0.3 is 6.18 Å². The largest absolute Gasteiger partial charge is 0.416 e. The van der Waals surface area contributed by atoms with E-state index in [9.17, 15) is 22.8 Å². The lowest BCUT2D eigenvalue weighted by atomic mass is 10.1. The molecule has 0 heterocycles. The van der Waals surface area contributed by atoms with Crippen LogP contribution in [0.25, 0.3) is 0 Å². The summed E-state index contributed by atoms with van der Waals surface area (Å²) in [6, 6.07) is 10.1. The Morgan fingerprint density at radius 1 is 0.966 bits per heavy atom. The molecule has 8 heteroatoms. The van der Waals surface area contributed by atoms with Gasteiger partial charge < -0.3 is 15.5 Å². The molecule has 0 aliphatic rings. The number of nitrogens with one attached hydrogen (secondary N) is 2. The number of alkyl halides is 3. The number of halogens is 3. The molecule has 0 aliphatic carbocycles. The van der Waals surface area contributed by atoms with Gasteiger partial charge in [0.1, 0.15) is 0 Å². The number of nitrogens with zero attached hydrogens (tertiary/aromatic N) is 1. The van der Waals surface area contributed by atoms with Crippen LogP contribution >= 0.6 is 0 Å². The fraction of sp³-hybridized carbons (Fsp3) is 0.333. The van der Waals surface area contributed by atoms with Gasteiger partial charge in [0.2, 0.25) is 11.8 Å². The zero-order chi connectivity index (χ0) is 21.6. The van der Waals surface area contributed by atoms with Crippen molar-refractivity contribution in [1.29, 1.82) is 0 Å². The Kier molecular flexibility index (Phi) is 7.25. The molecule has 2 aromatic carbocycles. The van der Waals surface area contributed by atoms with E-state index < -0.39 is 17.6 Å². The Labute approximate surface area is 167 Å². The number of benzene rings is 2. The summed E-state index contributed by atoms with van der Waals surface area (Å²) in [7, 11) is 0. The highest BCUT2D eigenvalue weighted by atomic mass is 19.4. The summed E-state index contributed by atoms with van der Waals surface area (Å²) in [4.78, 5) is 25.4. The number of hydrogen-bond acceptors (Lipinski definition) is 3. The highest BCUT2D eigenvalue weighted by Gasteiger charge is 2.31. The highest BCUT2D eigenvalue weighted by Crippen LogP contribution is 2.35. The first-order valence-electron chi connectivity index (χ1n) is 9.26. The van der Waals surface area contributed by atoms with Gasteiger partial charge in [-0.15, -0.1) is 0 Å². The molecule has 2 amide bonds. The van der Waals surface area contributed by atoms with Crippen molar-refractivity contribution in [2.45, 2.75) is 33.4 Å². The van der Waals surface area contributed by atoms with Crippen LogP contribution in [0.5, 0.6) is 0 Å². The summed E-state index contributed by atoms with van der Waals surface area (Å²) in [6.07, 6.45) is -4.50. The van der Waals surface area contributed by atoms with Gasteiger partial charge in [0.05, 0.1) is 23.4 Å². The quantitative estimate of drug-likeness (QED) is 0.700. The van der Waals surface area contributed by atoms with Gasteiger partial charge in [0.15, 0.2) is 0 Å². The molecule has 0 saturated carbocycles. The van der Waals surface area contributed by atoms with Crippen LogP contribution in [0.4, 0.5) is 30.2 Å². The molecule has 0 saturated heterocycles. The van der Waals surface area contributed by atoms with Crippen molar-refractivity contribution < 1.29 is 22.8 Å². The summed E-state index contributed by atoms with van der Waals surface area (Å²) < 4.78 is 39.4. The van der Waals surface area contributed by atoms with Gasteiger partial charge in [-0.05, 0) is 49.7 Å². The lowest BCUT2D eigenvalue weighted by Gasteiger charge is -2.25. The molecule has 0 aliphatic heterocycles.